The van der Waals surface area contributed by atoms with Crippen molar-refractivity contribution in [2.45, 2.75) is 45.0 Å². The van der Waals surface area contributed by atoms with E-state index in [1.807, 2.05) is 0 Å². The van der Waals surface area contributed by atoms with Crippen molar-refractivity contribution in [1.29, 1.82) is 0 Å². The highest BCUT2D eigenvalue weighted by molar-refractivity contribution is 5.72. The fraction of sp³-hybridized carbons (Fsp3) is 0.929. The van der Waals surface area contributed by atoms with Crippen molar-refractivity contribution < 1.29 is 23.4 Å². The van der Waals surface area contributed by atoms with E-state index in [0.29, 0.717) is 11.8 Å². The lowest BCUT2D eigenvalue weighted by Gasteiger charge is -2.61. The first-order valence-electron chi connectivity index (χ1n) is 7.02. The molecule has 5 heteroatoms. The Balaban J connectivity index is 1.72. The number of hydrogen-bond donors (Lipinski definition) is 1. The van der Waals surface area contributed by atoms with Crippen LogP contribution >= 0.6 is 0 Å². The lowest BCUT2D eigenvalue weighted by molar-refractivity contribution is -0.178. The molecule has 0 radical (unpaired) electrons. The zero-order valence-electron chi connectivity index (χ0n) is 10.9. The number of aliphatic hydroxyl groups excluding tert-OH is 1. The van der Waals surface area contributed by atoms with Crippen molar-refractivity contribution in [3.8, 4) is 0 Å². The van der Waals surface area contributed by atoms with E-state index in [1.165, 1.54) is 6.42 Å². The minimum atomic E-state index is -3.04. The molecule has 0 aromatic carbocycles. The van der Waals surface area contributed by atoms with Crippen LogP contribution in [0.4, 0.5) is 8.78 Å². The SMILES string of the molecule is O=C(OCC12CC3CC(CC(CO)(C3)C1)C2)C(F)F. The first-order valence-corrected chi connectivity index (χ1v) is 7.02. The lowest BCUT2D eigenvalue weighted by atomic mass is 9.44. The second-order valence-electron chi connectivity index (χ2n) is 7.03. The Hall–Kier alpha value is -0.710. The van der Waals surface area contributed by atoms with Gasteiger partial charge in [0.05, 0.1) is 6.61 Å². The summed E-state index contributed by atoms with van der Waals surface area (Å²) < 4.78 is 29.2. The molecule has 4 rings (SSSR count). The zero-order chi connectivity index (χ0) is 13.7. The zero-order valence-corrected chi connectivity index (χ0v) is 10.9. The summed E-state index contributed by atoms with van der Waals surface area (Å²) in [7, 11) is 0. The van der Waals surface area contributed by atoms with Crippen LogP contribution < -0.4 is 0 Å². The van der Waals surface area contributed by atoms with Gasteiger partial charge in [0.15, 0.2) is 0 Å². The van der Waals surface area contributed by atoms with Crippen LogP contribution in [-0.2, 0) is 9.53 Å². The molecule has 108 valence electrons. The number of esters is 1. The largest absolute Gasteiger partial charge is 0.461 e. The minimum Gasteiger partial charge on any atom is -0.461 e. The second kappa shape index (κ2) is 4.40. The molecule has 4 aliphatic rings. The normalized spacial score (nSPS) is 43.8. The topological polar surface area (TPSA) is 46.5 Å². The Kier molecular flexibility index (Phi) is 3.08. The third-order valence-electron chi connectivity index (χ3n) is 5.34. The Morgan fingerprint density at radius 1 is 1.21 bits per heavy atom. The summed E-state index contributed by atoms with van der Waals surface area (Å²) in [6, 6.07) is 0. The predicted octanol–water partition coefficient (Wildman–Crippen LogP) is 2.37. The first kappa shape index (κ1) is 13.3. The van der Waals surface area contributed by atoms with Crippen LogP contribution in [0.15, 0.2) is 0 Å². The standard InChI is InChI=1S/C14H20F2O3/c15-11(16)12(18)19-8-14-4-9-1-10(5-14)3-13(2-9,6-14)7-17/h9-11,17H,1-8H2. The highest BCUT2D eigenvalue weighted by Crippen LogP contribution is 2.65. The van der Waals surface area contributed by atoms with E-state index in [0.717, 1.165) is 32.1 Å². The quantitative estimate of drug-likeness (QED) is 0.801. The summed E-state index contributed by atoms with van der Waals surface area (Å²) in [5.74, 6) is -0.272. The summed E-state index contributed by atoms with van der Waals surface area (Å²) >= 11 is 0. The molecule has 0 aromatic rings. The van der Waals surface area contributed by atoms with Gasteiger partial charge in [-0.25, -0.2) is 4.79 Å². The number of carbonyl (C=O) groups is 1. The fourth-order valence-electron chi connectivity index (χ4n) is 5.29. The van der Waals surface area contributed by atoms with Crippen molar-refractivity contribution in [2.75, 3.05) is 13.2 Å². The molecule has 2 atom stereocenters. The maximum atomic E-state index is 12.2. The van der Waals surface area contributed by atoms with Gasteiger partial charge < -0.3 is 9.84 Å². The van der Waals surface area contributed by atoms with Gasteiger partial charge in [0, 0.05) is 12.0 Å². The third kappa shape index (κ3) is 2.26. The molecule has 4 aliphatic carbocycles. The average molecular weight is 274 g/mol. The molecule has 0 aliphatic heterocycles. The Morgan fingerprint density at radius 3 is 2.32 bits per heavy atom. The molecule has 0 amide bonds. The van der Waals surface area contributed by atoms with Gasteiger partial charge in [-0.15, -0.1) is 0 Å². The highest BCUT2D eigenvalue weighted by atomic mass is 19.3. The molecule has 4 saturated carbocycles. The van der Waals surface area contributed by atoms with Crippen LogP contribution in [0, 0.1) is 22.7 Å². The van der Waals surface area contributed by atoms with E-state index in [-0.39, 0.29) is 24.0 Å². The molecule has 2 unspecified atom stereocenters. The molecular weight excluding hydrogens is 254 g/mol. The fourth-order valence-corrected chi connectivity index (χ4v) is 5.29. The molecule has 3 nitrogen and oxygen atoms in total. The molecule has 0 aromatic heterocycles. The number of hydrogen-bond acceptors (Lipinski definition) is 3. The Bertz CT molecular complexity index is 369. The Labute approximate surface area is 111 Å². The van der Waals surface area contributed by atoms with E-state index in [4.69, 9.17) is 4.74 Å². The van der Waals surface area contributed by atoms with Crippen LogP contribution in [-0.4, -0.2) is 30.7 Å². The van der Waals surface area contributed by atoms with Gasteiger partial charge in [-0.05, 0) is 55.8 Å². The van der Waals surface area contributed by atoms with Gasteiger partial charge in [-0.2, -0.15) is 8.78 Å². The molecule has 19 heavy (non-hydrogen) atoms. The van der Waals surface area contributed by atoms with Crippen LogP contribution in [0.3, 0.4) is 0 Å². The van der Waals surface area contributed by atoms with Crippen molar-refractivity contribution >= 4 is 5.97 Å². The molecule has 4 fully saturated rings. The van der Waals surface area contributed by atoms with Gasteiger partial charge in [0.25, 0.3) is 0 Å². The van der Waals surface area contributed by atoms with Crippen LogP contribution in [0.5, 0.6) is 0 Å². The number of rotatable bonds is 4. The molecular formula is C14H20F2O3. The first-order chi connectivity index (χ1) is 8.96. The van der Waals surface area contributed by atoms with Crippen molar-refractivity contribution in [1.82, 2.24) is 0 Å². The second-order valence-corrected chi connectivity index (χ2v) is 7.03. The predicted molar refractivity (Wildman–Crippen MR) is 63.6 cm³/mol. The summed E-state index contributed by atoms with van der Waals surface area (Å²) in [6.07, 6.45) is 2.98. The maximum absolute atomic E-state index is 12.2. The monoisotopic (exact) mass is 274 g/mol. The number of alkyl halides is 2. The van der Waals surface area contributed by atoms with Gasteiger partial charge in [-0.1, -0.05) is 0 Å². The van der Waals surface area contributed by atoms with Gasteiger partial charge in [0.1, 0.15) is 0 Å². The van der Waals surface area contributed by atoms with Gasteiger partial charge >= 0.3 is 12.4 Å². The van der Waals surface area contributed by atoms with E-state index >= 15 is 0 Å². The number of carbonyl (C=O) groups excluding carboxylic acids is 1. The smallest absolute Gasteiger partial charge is 0.373 e. The molecule has 0 heterocycles. The summed E-state index contributed by atoms with van der Waals surface area (Å²) in [4.78, 5) is 11.0. The van der Waals surface area contributed by atoms with Crippen LogP contribution in [0.2, 0.25) is 0 Å². The molecule has 0 spiro atoms. The maximum Gasteiger partial charge on any atom is 0.373 e. The highest BCUT2D eigenvalue weighted by Gasteiger charge is 2.57. The van der Waals surface area contributed by atoms with Crippen molar-refractivity contribution in [3.63, 3.8) is 0 Å². The van der Waals surface area contributed by atoms with Gasteiger partial charge in [-0.3, -0.25) is 0 Å². The third-order valence-corrected chi connectivity index (χ3v) is 5.34. The summed E-state index contributed by atoms with van der Waals surface area (Å²) in [5.41, 5.74) is -0.196. The van der Waals surface area contributed by atoms with Gasteiger partial charge in [0.2, 0.25) is 0 Å². The summed E-state index contributed by atoms with van der Waals surface area (Å²) in [5, 5.41) is 9.68. The molecule has 4 bridgehead atoms. The minimum absolute atomic E-state index is 0.0404. The van der Waals surface area contributed by atoms with Crippen molar-refractivity contribution in [3.05, 3.63) is 0 Å². The number of aliphatic hydroxyl groups is 1. The molecule has 1 N–H and O–H groups in total. The number of halogens is 2. The van der Waals surface area contributed by atoms with Crippen molar-refractivity contribution in [2.24, 2.45) is 22.7 Å². The Morgan fingerprint density at radius 2 is 1.79 bits per heavy atom. The van der Waals surface area contributed by atoms with E-state index < -0.39 is 12.4 Å². The number of ether oxygens (including phenoxy) is 1. The van der Waals surface area contributed by atoms with E-state index in [2.05, 4.69) is 0 Å². The lowest BCUT2D eigenvalue weighted by Crippen LogP contribution is -2.55. The molecule has 0 saturated heterocycles. The van der Waals surface area contributed by atoms with Crippen LogP contribution in [0.25, 0.3) is 0 Å². The van der Waals surface area contributed by atoms with Crippen LogP contribution in [0.1, 0.15) is 38.5 Å². The average Bonchev–Trinajstić information content (AvgIpc) is 2.34. The van der Waals surface area contributed by atoms with E-state index in [1.54, 1.807) is 0 Å². The summed E-state index contributed by atoms with van der Waals surface area (Å²) in [6.45, 7) is 0.273. The van der Waals surface area contributed by atoms with E-state index in [9.17, 15) is 18.7 Å².